The van der Waals surface area contributed by atoms with Crippen LogP contribution >= 0.6 is 0 Å². The third-order valence-electron chi connectivity index (χ3n) is 5.00. The van der Waals surface area contributed by atoms with Crippen molar-refractivity contribution in [3.05, 3.63) is 29.3 Å². The second-order valence-corrected chi connectivity index (χ2v) is 7.71. The molecule has 1 saturated heterocycles. The molecular formula is C21H34N2O2. The summed E-state index contributed by atoms with van der Waals surface area (Å²) in [5, 5.41) is 2.97. The van der Waals surface area contributed by atoms with Crippen LogP contribution < -0.4 is 10.1 Å². The Kier molecular flexibility index (Phi) is 7.76. The molecule has 1 fully saturated rings. The second kappa shape index (κ2) is 9.81. The first kappa shape index (κ1) is 19.8. The Morgan fingerprint density at radius 2 is 2.04 bits per heavy atom. The molecule has 0 aromatic heterocycles. The van der Waals surface area contributed by atoms with E-state index in [4.69, 9.17) is 4.74 Å². The summed E-state index contributed by atoms with van der Waals surface area (Å²) in [6.45, 7) is 12.9. The number of piperidine rings is 1. The Balaban J connectivity index is 1.66. The Morgan fingerprint density at radius 1 is 1.32 bits per heavy atom. The van der Waals surface area contributed by atoms with Crippen LogP contribution in [0, 0.1) is 12.8 Å². The van der Waals surface area contributed by atoms with Gasteiger partial charge in [-0.15, -0.1) is 0 Å². The van der Waals surface area contributed by atoms with Crippen LogP contribution in [0.1, 0.15) is 57.1 Å². The highest BCUT2D eigenvalue weighted by Gasteiger charge is 2.15. The van der Waals surface area contributed by atoms with Crippen molar-refractivity contribution in [2.24, 2.45) is 5.92 Å². The number of ether oxygens (including phenoxy) is 1. The highest BCUT2D eigenvalue weighted by Crippen LogP contribution is 2.27. The number of nitrogens with one attached hydrogen (secondary N) is 1. The summed E-state index contributed by atoms with van der Waals surface area (Å²) in [7, 11) is 0. The molecule has 1 N–H and O–H groups in total. The number of rotatable bonds is 8. The van der Waals surface area contributed by atoms with Gasteiger partial charge in [0.15, 0.2) is 6.61 Å². The van der Waals surface area contributed by atoms with Gasteiger partial charge < -0.3 is 15.0 Å². The smallest absolute Gasteiger partial charge is 0.257 e. The fourth-order valence-electron chi connectivity index (χ4n) is 3.25. The molecule has 4 nitrogen and oxygen atoms in total. The van der Waals surface area contributed by atoms with Crippen molar-refractivity contribution in [3.8, 4) is 5.75 Å². The van der Waals surface area contributed by atoms with Crippen LogP contribution in [0.2, 0.25) is 0 Å². The normalized spacial score (nSPS) is 16.2. The van der Waals surface area contributed by atoms with E-state index < -0.39 is 0 Å². The number of amides is 1. The Morgan fingerprint density at radius 3 is 2.72 bits per heavy atom. The molecule has 0 aliphatic carbocycles. The van der Waals surface area contributed by atoms with Gasteiger partial charge in [-0.05, 0) is 74.8 Å². The van der Waals surface area contributed by atoms with Crippen molar-refractivity contribution in [1.82, 2.24) is 10.2 Å². The Labute approximate surface area is 152 Å². The molecule has 0 unspecified atom stereocenters. The van der Waals surface area contributed by atoms with Crippen LogP contribution in [-0.2, 0) is 4.79 Å². The molecule has 1 aromatic carbocycles. The Hall–Kier alpha value is -1.55. The number of carbonyl (C=O) groups is 1. The summed E-state index contributed by atoms with van der Waals surface area (Å²) in [5.74, 6) is 2.03. The summed E-state index contributed by atoms with van der Waals surface area (Å²) in [6.07, 6.45) is 3.60. The largest absolute Gasteiger partial charge is 0.483 e. The fraction of sp³-hybridized carbons (Fsp3) is 0.667. The molecule has 140 valence electrons. The SMILES string of the molecule is Cc1ccc(C(C)C)c(OCC(=O)NCCCN2CCC(C)CC2)c1. The number of hydrogen-bond acceptors (Lipinski definition) is 3. The summed E-state index contributed by atoms with van der Waals surface area (Å²) in [5.41, 5.74) is 2.30. The number of likely N-dealkylation sites (tertiary alicyclic amines) is 1. The first-order valence-corrected chi connectivity index (χ1v) is 9.68. The van der Waals surface area contributed by atoms with E-state index in [9.17, 15) is 4.79 Å². The van der Waals surface area contributed by atoms with E-state index in [0.29, 0.717) is 5.92 Å². The summed E-state index contributed by atoms with van der Waals surface area (Å²) < 4.78 is 5.78. The van der Waals surface area contributed by atoms with Crippen molar-refractivity contribution in [2.45, 2.75) is 52.9 Å². The lowest BCUT2D eigenvalue weighted by Crippen LogP contribution is -2.36. The van der Waals surface area contributed by atoms with E-state index in [1.807, 2.05) is 13.0 Å². The van der Waals surface area contributed by atoms with Gasteiger partial charge in [0, 0.05) is 6.54 Å². The molecular weight excluding hydrogens is 312 g/mol. The van der Waals surface area contributed by atoms with Gasteiger partial charge in [0.25, 0.3) is 5.91 Å². The van der Waals surface area contributed by atoms with Gasteiger partial charge >= 0.3 is 0 Å². The van der Waals surface area contributed by atoms with Gasteiger partial charge in [-0.2, -0.15) is 0 Å². The molecule has 0 atom stereocenters. The van der Waals surface area contributed by atoms with E-state index in [2.05, 4.69) is 43.1 Å². The summed E-state index contributed by atoms with van der Waals surface area (Å²) in [6, 6.07) is 6.19. The molecule has 1 aliphatic rings. The lowest BCUT2D eigenvalue weighted by molar-refractivity contribution is -0.123. The summed E-state index contributed by atoms with van der Waals surface area (Å²) >= 11 is 0. The molecule has 1 aromatic rings. The first-order valence-electron chi connectivity index (χ1n) is 9.68. The number of hydrogen-bond donors (Lipinski definition) is 1. The maximum Gasteiger partial charge on any atom is 0.257 e. The zero-order valence-electron chi connectivity index (χ0n) is 16.3. The standard InChI is InChI=1S/C21H34N2O2/c1-16(2)19-7-6-18(4)14-20(19)25-15-21(24)22-10-5-11-23-12-8-17(3)9-13-23/h6-7,14,16-17H,5,8-13,15H2,1-4H3,(H,22,24). The Bertz CT molecular complexity index is 549. The number of carbonyl (C=O) groups excluding carboxylic acids is 1. The van der Waals surface area contributed by atoms with E-state index in [-0.39, 0.29) is 12.5 Å². The van der Waals surface area contributed by atoms with Crippen molar-refractivity contribution < 1.29 is 9.53 Å². The maximum atomic E-state index is 12.0. The number of nitrogens with zero attached hydrogens (tertiary/aromatic N) is 1. The van der Waals surface area contributed by atoms with Gasteiger partial charge in [0.05, 0.1) is 0 Å². The van der Waals surface area contributed by atoms with Gasteiger partial charge in [-0.25, -0.2) is 0 Å². The third kappa shape index (κ3) is 6.69. The highest BCUT2D eigenvalue weighted by molar-refractivity contribution is 5.77. The molecule has 25 heavy (non-hydrogen) atoms. The van der Waals surface area contributed by atoms with Gasteiger partial charge in [-0.1, -0.05) is 32.9 Å². The zero-order valence-corrected chi connectivity index (χ0v) is 16.3. The highest BCUT2D eigenvalue weighted by atomic mass is 16.5. The molecule has 0 bridgehead atoms. The molecule has 0 saturated carbocycles. The topological polar surface area (TPSA) is 41.6 Å². The van der Waals surface area contributed by atoms with Crippen molar-refractivity contribution in [2.75, 3.05) is 32.8 Å². The van der Waals surface area contributed by atoms with Crippen LogP contribution in [-0.4, -0.2) is 43.6 Å². The van der Waals surface area contributed by atoms with Crippen LogP contribution in [0.5, 0.6) is 5.75 Å². The molecule has 0 spiro atoms. The van der Waals surface area contributed by atoms with E-state index in [1.165, 1.54) is 25.9 Å². The molecule has 4 heteroatoms. The van der Waals surface area contributed by atoms with Gasteiger partial charge in [-0.3, -0.25) is 4.79 Å². The lowest BCUT2D eigenvalue weighted by atomic mass is 9.99. The number of aryl methyl sites for hydroxylation is 1. The monoisotopic (exact) mass is 346 g/mol. The second-order valence-electron chi connectivity index (χ2n) is 7.71. The van der Waals surface area contributed by atoms with Gasteiger partial charge in [0.2, 0.25) is 0 Å². The van der Waals surface area contributed by atoms with Crippen molar-refractivity contribution >= 4 is 5.91 Å². The number of benzene rings is 1. The first-order chi connectivity index (χ1) is 12.0. The third-order valence-corrected chi connectivity index (χ3v) is 5.00. The quantitative estimate of drug-likeness (QED) is 0.729. The van der Waals surface area contributed by atoms with Crippen molar-refractivity contribution in [1.29, 1.82) is 0 Å². The summed E-state index contributed by atoms with van der Waals surface area (Å²) in [4.78, 5) is 14.5. The molecule has 2 rings (SSSR count). The maximum absolute atomic E-state index is 12.0. The lowest BCUT2D eigenvalue weighted by Gasteiger charge is -2.30. The van der Waals surface area contributed by atoms with Crippen LogP contribution in [0.15, 0.2) is 18.2 Å². The van der Waals surface area contributed by atoms with E-state index in [1.54, 1.807) is 0 Å². The minimum atomic E-state index is -0.0384. The predicted molar refractivity (Wildman–Crippen MR) is 103 cm³/mol. The minimum Gasteiger partial charge on any atom is -0.483 e. The average molecular weight is 347 g/mol. The molecule has 0 radical (unpaired) electrons. The zero-order chi connectivity index (χ0) is 18.2. The van der Waals surface area contributed by atoms with E-state index in [0.717, 1.165) is 42.3 Å². The fourth-order valence-corrected chi connectivity index (χ4v) is 3.25. The molecule has 1 amide bonds. The molecule has 1 heterocycles. The van der Waals surface area contributed by atoms with E-state index >= 15 is 0 Å². The minimum absolute atomic E-state index is 0.0384. The van der Waals surface area contributed by atoms with Crippen LogP contribution in [0.3, 0.4) is 0 Å². The van der Waals surface area contributed by atoms with Crippen LogP contribution in [0.25, 0.3) is 0 Å². The van der Waals surface area contributed by atoms with Crippen molar-refractivity contribution in [3.63, 3.8) is 0 Å². The van der Waals surface area contributed by atoms with Crippen LogP contribution in [0.4, 0.5) is 0 Å². The van der Waals surface area contributed by atoms with Gasteiger partial charge in [0.1, 0.15) is 5.75 Å². The molecule has 1 aliphatic heterocycles. The predicted octanol–water partition coefficient (Wildman–Crippen LogP) is 3.74. The average Bonchev–Trinajstić information content (AvgIpc) is 2.58.